The van der Waals surface area contributed by atoms with Gasteiger partial charge in [-0.05, 0) is 34.9 Å². The molecule has 0 saturated carbocycles. The minimum atomic E-state index is -0.651. The zero-order valence-electron chi connectivity index (χ0n) is 14.6. The van der Waals surface area contributed by atoms with Crippen molar-refractivity contribution in [1.29, 1.82) is 0 Å². The van der Waals surface area contributed by atoms with E-state index in [0.717, 1.165) is 16.3 Å². The molecule has 3 aromatic carbocycles. The van der Waals surface area contributed by atoms with Crippen LogP contribution in [0.2, 0.25) is 0 Å². The minimum absolute atomic E-state index is 0.192. The van der Waals surface area contributed by atoms with E-state index in [1.165, 1.54) is 0 Å². The van der Waals surface area contributed by atoms with Gasteiger partial charge in [-0.2, -0.15) is 0 Å². The SMILES string of the molecule is O=C(NCC[C@@H](O)c1cccc2ccccc12)Nc1ccc2c(c1)OCO2. The lowest BCUT2D eigenvalue weighted by atomic mass is 9.99. The Balaban J connectivity index is 1.32. The van der Waals surface area contributed by atoms with Gasteiger partial charge in [-0.25, -0.2) is 4.79 Å². The number of benzene rings is 3. The summed E-state index contributed by atoms with van der Waals surface area (Å²) in [6.45, 7) is 0.539. The predicted octanol–water partition coefficient (Wildman–Crippen LogP) is 3.81. The van der Waals surface area contributed by atoms with Gasteiger partial charge in [0, 0.05) is 18.3 Å². The van der Waals surface area contributed by atoms with Crippen molar-refractivity contribution in [3.63, 3.8) is 0 Å². The van der Waals surface area contributed by atoms with Crippen LogP contribution in [0.25, 0.3) is 10.8 Å². The molecular formula is C21H20N2O4. The molecule has 0 saturated heterocycles. The van der Waals surface area contributed by atoms with Gasteiger partial charge in [-0.3, -0.25) is 0 Å². The molecular weight excluding hydrogens is 344 g/mol. The number of carbonyl (C=O) groups is 1. The molecule has 1 aliphatic heterocycles. The molecule has 1 aliphatic rings. The summed E-state index contributed by atoms with van der Waals surface area (Å²) in [4.78, 5) is 12.1. The van der Waals surface area contributed by atoms with Gasteiger partial charge in [0.05, 0.1) is 6.10 Å². The average molecular weight is 364 g/mol. The molecule has 3 aromatic rings. The highest BCUT2D eigenvalue weighted by Crippen LogP contribution is 2.34. The zero-order valence-corrected chi connectivity index (χ0v) is 14.6. The van der Waals surface area contributed by atoms with E-state index >= 15 is 0 Å². The van der Waals surface area contributed by atoms with Crippen LogP contribution in [-0.2, 0) is 0 Å². The number of amides is 2. The van der Waals surface area contributed by atoms with Gasteiger partial charge < -0.3 is 25.2 Å². The molecule has 0 fully saturated rings. The first-order valence-electron chi connectivity index (χ1n) is 8.81. The van der Waals surface area contributed by atoms with Crippen LogP contribution in [0.1, 0.15) is 18.1 Å². The van der Waals surface area contributed by atoms with Crippen molar-refractivity contribution < 1.29 is 19.4 Å². The summed E-state index contributed by atoms with van der Waals surface area (Å²) in [5.74, 6) is 1.28. The molecule has 1 atom stereocenters. The Hall–Kier alpha value is -3.25. The third-order valence-electron chi connectivity index (χ3n) is 4.52. The number of carbonyl (C=O) groups excluding carboxylic acids is 1. The predicted molar refractivity (Wildman–Crippen MR) is 103 cm³/mol. The van der Waals surface area contributed by atoms with Crippen LogP contribution in [0.3, 0.4) is 0 Å². The minimum Gasteiger partial charge on any atom is -0.454 e. The van der Waals surface area contributed by atoms with E-state index in [-0.39, 0.29) is 12.8 Å². The van der Waals surface area contributed by atoms with E-state index in [0.29, 0.717) is 30.2 Å². The molecule has 0 aromatic heterocycles. The Labute approximate surface area is 156 Å². The highest BCUT2D eigenvalue weighted by Gasteiger charge is 2.15. The number of ether oxygens (including phenoxy) is 2. The van der Waals surface area contributed by atoms with Crippen LogP contribution in [0, 0.1) is 0 Å². The summed E-state index contributed by atoms with van der Waals surface area (Å²) >= 11 is 0. The van der Waals surface area contributed by atoms with Crippen molar-refractivity contribution in [2.75, 3.05) is 18.7 Å². The molecule has 0 radical (unpaired) electrons. The van der Waals surface area contributed by atoms with Gasteiger partial charge in [0.2, 0.25) is 6.79 Å². The van der Waals surface area contributed by atoms with Crippen LogP contribution < -0.4 is 20.1 Å². The van der Waals surface area contributed by atoms with Gasteiger partial charge in [0.15, 0.2) is 11.5 Å². The zero-order chi connectivity index (χ0) is 18.6. The molecule has 2 amide bonds. The molecule has 6 heteroatoms. The summed E-state index contributed by atoms with van der Waals surface area (Å²) in [7, 11) is 0. The molecule has 27 heavy (non-hydrogen) atoms. The van der Waals surface area contributed by atoms with Gasteiger partial charge in [0.1, 0.15) is 0 Å². The molecule has 0 bridgehead atoms. The number of rotatable bonds is 5. The van der Waals surface area contributed by atoms with Crippen LogP contribution in [0.5, 0.6) is 11.5 Å². The van der Waals surface area contributed by atoms with Crippen LogP contribution in [0.15, 0.2) is 60.7 Å². The first-order chi connectivity index (χ1) is 13.2. The first kappa shape index (κ1) is 17.2. The number of urea groups is 1. The molecule has 1 heterocycles. The van der Waals surface area contributed by atoms with Gasteiger partial charge >= 0.3 is 6.03 Å². The second-order valence-electron chi connectivity index (χ2n) is 6.32. The van der Waals surface area contributed by atoms with Crippen molar-refractivity contribution in [1.82, 2.24) is 5.32 Å². The number of aliphatic hydroxyl groups is 1. The topological polar surface area (TPSA) is 79.8 Å². The summed E-state index contributed by atoms with van der Waals surface area (Å²) in [5.41, 5.74) is 1.48. The molecule has 4 rings (SSSR count). The summed E-state index contributed by atoms with van der Waals surface area (Å²) in [6, 6.07) is 18.7. The number of fused-ring (bicyclic) bond motifs is 2. The Morgan fingerprint density at radius 2 is 1.85 bits per heavy atom. The van der Waals surface area contributed by atoms with E-state index in [1.807, 2.05) is 42.5 Å². The van der Waals surface area contributed by atoms with Gasteiger partial charge in [-0.1, -0.05) is 42.5 Å². The summed E-state index contributed by atoms with van der Waals surface area (Å²) in [6.07, 6.45) is -0.232. The van der Waals surface area contributed by atoms with E-state index < -0.39 is 6.10 Å². The second kappa shape index (κ2) is 7.55. The van der Waals surface area contributed by atoms with E-state index in [4.69, 9.17) is 9.47 Å². The smallest absolute Gasteiger partial charge is 0.319 e. The van der Waals surface area contributed by atoms with Crippen LogP contribution in [0.4, 0.5) is 10.5 Å². The Bertz CT molecular complexity index is 968. The van der Waals surface area contributed by atoms with E-state index in [9.17, 15) is 9.90 Å². The lowest BCUT2D eigenvalue weighted by molar-refractivity contribution is 0.169. The molecule has 3 N–H and O–H groups in total. The highest BCUT2D eigenvalue weighted by molar-refractivity contribution is 5.89. The second-order valence-corrected chi connectivity index (χ2v) is 6.32. The first-order valence-corrected chi connectivity index (χ1v) is 8.81. The number of aliphatic hydroxyl groups excluding tert-OH is 1. The van der Waals surface area contributed by atoms with Gasteiger partial charge in [0.25, 0.3) is 0 Å². The van der Waals surface area contributed by atoms with E-state index in [1.54, 1.807) is 18.2 Å². The monoisotopic (exact) mass is 364 g/mol. The largest absolute Gasteiger partial charge is 0.454 e. The fraction of sp³-hybridized carbons (Fsp3) is 0.190. The summed E-state index contributed by atoms with van der Waals surface area (Å²) < 4.78 is 10.5. The Kier molecular flexibility index (Phi) is 4.80. The Morgan fingerprint density at radius 3 is 2.78 bits per heavy atom. The fourth-order valence-corrected chi connectivity index (χ4v) is 3.17. The molecule has 138 valence electrons. The molecule has 0 unspecified atom stereocenters. The third-order valence-corrected chi connectivity index (χ3v) is 4.52. The lowest BCUT2D eigenvalue weighted by Gasteiger charge is -2.14. The van der Waals surface area contributed by atoms with Crippen molar-refractivity contribution >= 4 is 22.5 Å². The number of nitrogens with one attached hydrogen (secondary N) is 2. The standard InChI is InChI=1S/C21H20N2O4/c24-18(17-7-3-5-14-4-1-2-6-16(14)17)10-11-22-21(25)23-15-8-9-19-20(12-15)27-13-26-19/h1-9,12,18,24H,10-11,13H2,(H2,22,23,25)/t18-/m1/s1. The number of anilines is 1. The molecule has 6 nitrogen and oxygen atoms in total. The molecule has 0 aliphatic carbocycles. The van der Waals surface area contributed by atoms with Crippen molar-refractivity contribution in [3.8, 4) is 11.5 Å². The van der Waals surface area contributed by atoms with Crippen molar-refractivity contribution in [2.45, 2.75) is 12.5 Å². The maximum Gasteiger partial charge on any atom is 0.319 e. The maximum absolute atomic E-state index is 12.1. The van der Waals surface area contributed by atoms with Crippen molar-refractivity contribution in [3.05, 3.63) is 66.2 Å². The van der Waals surface area contributed by atoms with E-state index in [2.05, 4.69) is 10.6 Å². The van der Waals surface area contributed by atoms with Crippen LogP contribution in [-0.4, -0.2) is 24.5 Å². The maximum atomic E-state index is 12.1. The van der Waals surface area contributed by atoms with Crippen LogP contribution >= 0.6 is 0 Å². The van der Waals surface area contributed by atoms with Crippen molar-refractivity contribution in [2.24, 2.45) is 0 Å². The summed E-state index contributed by atoms with van der Waals surface area (Å²) in [5, 5.41) is 18.1. The lowest BCUT2D eigenvalue weighted by Crippen LogP contribution is -2.30. The molecule has 0 spiro atoms. The Morgan fingerprint density at radius 1 is 1.04 bits per heavy atom. The highest BCUT2D eigenvalue weighted by atomic mass is 16.7. The fourth-order valence-electron chi connectivity index (χ4n) is 3.17. The number of hydrogen-bond donors (Lipinski definition) is 3. The number of hydrogen-bond acceptors (Lipinski definition) is 4. The normalized spacial score (nSPS) is 13.4. The quantitative estimate of drug-likeness (QED) is 0.643. The van der Waals surface area contributed by atoms with Gasteiger partial charge in [-0.15, -0.1) is 0 Å². The average Bonchev–Trinajstić information content (AvgIpc) is 3.15. The third kappa shape index (κ3) is 3.80.